The van der Waals surface area contributed by atoms with Crippen LogP contribution >= 0.6 is 0 Å². The highest BCUT2D eigenvalue weighted by Crippen LogP contribution is 2.07. The zero-order chi connectivity index (χ0) is 11.5. The third-order valence-electron chi connectivity index (χ3n) is 2.64. The minimum absolute atomic E-state index is 0.132. The molecule has 0 atom stereocenters. The maximum Gasteiger partial charge on any atom is 0.324 e. The first-order valence-corrected chi connectivity index (χ1v) is 5.30. The van der Waals surface area contributed by atoms with Crippen molar-refractivity contribution in [3.05, 3.63) is 35.4 Å². The Balaban J connectivity index is 1.97. The highest BCUT2D eigenvalue weighted by molar-refractivity contribution is 6.01. The molecule has 0 radical (unpaired) electrons. The first kappa shape index (κ1) is 10.7. The molecule has 0 bridgehead atoms. The van der Waals surface area contributed by atoms with Crippen LogP contribution in [0.1, 0.15) is 11.1 Å². The van der Waals surface area contributed by atoms with Crippen molar-refractivity contribution >= 4 is 11.9 Å². The maximum absolute atomic E-state index is 11.3. The molecule has 1 aromatic carbocycles. The number of nitrogens with one attached hydrogen (secondary N) is 1. The SMILES string of the molecule is Cc1cccc(CCN2C(=O)CNC2=O)c1. The minimum atomic E-state index is -0.280. The highest BCUT2D eigenvalue weighted by atomic mass is 16.2. The summed E-state index contributed by atoms with van der Waals surface area (Å²) in [7, 11) is 0. The second-order valence-corrected chi connectivity index (χ2v) is 3.94. The Hall–Kier alpha value is -1.84. The van der Waals surface area contributed by atoms with Crippen molar-refractivity contribution in [3.8, 4) is 0 Å². The van der Waals surface area contributed by atoms with Crippen LogP contribution in [0.4, 0.5) is 4.79 Å². The fourth-order valence-corrected chi connectivity index (χ4v) is 1.79. The molecule has 1 saturated heterocycles. The summed E-state index contributed by atoms with van der Waals surface area (Å²) in [5.74, 6) is -0.141. The number of hydrogen-bond acceptors (Lipinski definition) is 2. The van der Waals surface area contributed by atoms with Crippen LogP contribution in [0.2, 0.25) is 0 Å². The molecule has 1 fully saturated rings. The Bertz CT molecular complexity index is 413. The summed E-state index contributed by atoms with van der Waals surface area (Å²) in [4.78, 5) is 23.8. The van der Waals surface area contributed by atoms with E-state index in [1.165, 1.54) is 10.5 Å². The number of carbonyl (C=O) groups is 2. The zero-order valence-corrected chi connectivity index (χ0v) is 9.19. The van der Waals surface area contributed by atoms with Gasteiger partial charge in [0.2, 0.25) is 5.91 Å². The van der Waals surface area contributed by atoms with E-state index in [0.29, 0.717) is 13.0 Å². The Morgan fingerprint density at radius 1 is 1.38 bits per heavy atom. The molecule has 1 aliphatic heterocycles. The molecule has 1 heterocycles. The number of amides is 3. The average molecular weight is 218 g/mol. The number of aryl methyl sites for hydroxylation is 1. The van der Waals surface area contributed by atoms with Gasteiger partial charge in [-0.2, -0.15) is 0 Å². The molecule has 2 rings (SSSR count). The van der Waals surface area contributed by atoms with E-state index in [9.17, 15) is 9.59 Å². The van der Waals surface area contributed by atoms with E-state index in [-0.39, 0.29) is 18.5 Å². The lowest BCUT2D eigenvalue weighted by Crippen LogP contribution is -2.32. The standard InChI is InChI=1S/C12H14N2O2/c1-9-3-2-4-10(7-9)5-6-14-11(15)8-13-12(14)16/h2-4,7H,5-6,8H2,1H3,(H,13,16). The molecule has 4 nitrogen and oxygen atoms in total. The molecule has 1 aliphatic rings. The normalized spacial score (nSPS) is 15.4. The van der Waals surface area contributed by atoms with Gasteiger partial charge >= 0.3 is 6.03 Å². The molecule has 0 aromatic heterocycles. The summed E-state index contributed by atoms with van der Waals surface area (Å²) in [5.41, 5.74) is 2.34. The van der Waals surface area contributed by atoms with E-state index in [1.54, 1.807) is 0 Å². The van der Waals surface area contributed by atoms with Crippen molar-refractivity contribution in [2.75, 3.05) is 13.1 Å². The Morgan fingerprint density at radius 3 is 2.81 bits per heavy atom. The number of nitrogens with zero attached hydrogens (tertiary/aromatic N) is 1. The van der Waals surface area contributed by atoms with E-state index in [2.05, 4.69) is 11.4 Å². The second-order valence-electron chi connectivity index (χ2n) is 3.94. The average Bonchev–Trinajstić information content (AvgIpc) is 2.56. The molecule has 1 aromatic rings. The Kier molecular flexibility index (Phi) is 2.90. The van der Waals surface area contributed by atoms with Gasteiger partial charge in [-0.25, -0.2) is 4.79 Å². The van der Waals surface area contributed by atoms with Gasteiger partial charge in [-0.1, -0.05) is 29.8 Å². The summed E-state index contributed by atoms with van der Waals surface area (Å²) in [6.45, 7) is 2.61. The zero-order valence-electron chi connectivity index (χ0n) is 9.19. The van der Waals surface area contributed by atoms with Gasteiger partial charge in [-0.05, 0) is 18.9 Å². The first-order chi connectivity index (χ1) is 7.66. The topological polar surface area (TPSA) is 49.4 Å². The summed E-state index contributed by atoms with van der Waals surface area (Å²) in [5, 5.41) is 2.50. The van der Waals surface area contributed by atoms with Gasteiger partial charge in [0, 0.05) is 6.54 Å². The predicted molar refractivity (Wildman–Crippen MR) is 60.0 cm³/mol. The van der Waals surface area contributed by atoms with E-state index in [4.69, 9.17) is 0 Å². The van der Waals surface area contributed by atoms with Gasteiger partial charge < -0.3 is 5.32 Å². The number of imide groups is 1. The van der Waals surface area contributed by atoms with E-state index < -0.39 is 0 Å². The van der Waals surface area contributed by atoms with Crippen molar-refractivity contribution in [2.24, 2.45) is 0 Å². The number of hydrogen-bond donors (Lipinski definition) is 1. The fourth-order valence-electron chi connectivity index (χ4n) is 1.79. The van der Waals surface area contributed by atoms with Crippen molar-refractivity contribution in [1.29, 1.82) is 0 Å². The number of urea groups is 1. The molecule has 0 unspecified atom stereocenters. The highest BCUT2D eigenvalue weighted by Gasteiger charge is 2.27. The predicted octanol–water partition coefficient (Wildman–Crippen LogP) is 1.09. The van der Waals surface area contributed by atoms with Crippen LogP contribution in [0.15, 0.2) is 24.3 Å². The number of benzene rings is 1. The van der Waals surface area contributed by atoms with E-state index in [0.717, 1.165) is 5.56 Å². The van der Waals surface area contributed by atoms with Crippen LogP contribution in [0.25, 0.3) is 0 Å². The van der Waals surface area contributed by atoms with Crippen LogP contribution in [-0.2, 0) is 11.2 Å². The van der Waals surface area contributed by atoms with Crippen molar-refractivity contribution < 1.29 is 9.59 Å². The lowest BCUT2D eigenvalue weighted by Gasteiger charge is -2.12. The monoisotopic (exact) mass is 218 g/mol. The quantitative estimate of drug-likeness (QED) is 0.772. The molecule has 3 amide bonds. The van der Waals surface area contributed by atoms with Crippen LogP contribution in [0.5, 0.6) is 0 Å². The van der Waals surface area contributed by atoms with Gasteiger partial charge in [0.05, 0.1) is 6.54 Å². The van der Waals surface area contributed by atoms with Gasteiger partial charge in [-0.3, -0.25) is 9.69 Å². The van der Waals surface area contributed by atoms with Crippen molar-refractivity contribution in [3.63, 3.8) is 0 Å². The fraction of sp³-hybridized carbons (Fsp3) is 0.333. The molecule has 4 heteroatoms. The summed E-state index contributed by atoms with van der Waals surface area (Å²) < 4.78 is 0. The molecule has 16 heavy (non-hydrogen) atoms. The largest absolute Gasteiger partial charge is 0.329 e. The summed E-state index contributed by atoms with van der Waals surface area (Å²) in [6, 6.07) is 7.80. The molecular formula is C12H14N2O2. The number of rotatable bonds is 3. The smallest absolute Gasteiger partial charge is 0.324 e. The van der Waals surface area contributed by atoms with E-state index >= 15 is 0 Å². The third-order valence-corrected chi connectivity index (χ3v) is 2.64. The lowest BCUT2D eigenvalue weighted by molar-refractivity contribution is -0.124. The van der Waals surface area contributed by atoms with Crippen LogP contribution in [-0.4, -0.2) is 29.9 Å². The molecule has 0 spiro atoms. The van der Waals surface area contributed by atoms with Crippen molar-refractivity contribution in [1.82, 2.24) is 10.2 Å². The molecule has 0 aliphatic carbocycles. The van der Waals surface area contributed by atoms with Crippen LogP contribution in [0, 0.1) is 6.92 Å². The molecule has 0 saturated carbocycles. The molecule has 1 N–H and O–H groups in total. The first-order valence-electron chi connectivity index (χ1n) is 5.30. The minimum Gasteiger partial charge on any atom is -0.329 e. The second kappa shape index (κ2) is 4.35. The van der Waals surface area contributed by atoms with Crippen LogP contribution in [0.3, 0.4) is 0 Å². The van der Waals surface area contributed by atoms with Gasteiger partial charge in [0.15, 0.2) is 0 Å². The molecule has 84 valence electrons. The van der Waals surface area contributed by atoms with Crippen LogP contribution < -0.4 is 5.32 Å². The maximum atomic E-state index is 11.3. The van der Waals surface area contributed by atoms with Crippen molar-refractivity contribution in [2.45, 2.75) is 13.3 Å². The Morgan fingerprint density at radius 2 is 2.19 bits per heavy atom. The van der Waals surface area contributed by atoms with E-state index in [1.807, 2.05) is 25.1 Å². The lowest BCUT2D eigenvalue weighted by atomic mass is 10.1. The summed E-state index contributed by atoms with van der Waals surface area (Å²) >= 11 is 0. The third kappa shape index (κ3) is 2.21. The van der Waals surface area contributed by atoms with Gasteiger partial charge in [-0.15, -0.1) is 0 Å². The molecular weight excluding hydrogens is 204 g/mol. The number of carbonyl (C=O) groups excluding carboxylic acids is 2. The van der Waals surface area contributed by atoms with Gasteiger partial charge in [0.25, 0.3) is 0 Å². The summed E-state index contributed by atoms with van der Waals surface area (Å²) in [6.07, 6.45) is 0.709. The Labute approximate surface area is 94.2 Å². The van der Waals surface area contributed by atoms with Gasteiger partial charge in [0.1, 0.15) is 0 Å².